The second-order valence-corrected chi connectivity index (χ2v) is 9.08. The van der Waals surface area contributed by atoms with Crippen LogP contribution in [0.15, 0.2) is 27.8 Å². The zero-order chi connectivity index (χ0) is 25.5. The molecule has 1 aromatic heterocycles. The molecule has 0 saturated carbocycles. The molecule has 0 fully saturated rings. The molecule has 33 heavy (non-hydrogen) atoms. The van der Waals surface area contributed by atoms with Gasteiger partial charge in [-0.15, -0.1) is 0 Å². The van der Waals surface area contributed by atoms with Gasteiger partial charge in [-0.3, -0.25) is 14.2 Å². The van der Waals surface area contributed by atoms with Gasteiger partial charge in [-0.05, 0) is 13.0 Å². The van der Waals surface area contributed by atoms with Crippen LogP contribution in [0.5, 0.6) is 5.75 Å². The van der Waals surface area contributed by atoms with Gasteiger partial charge < -0.3 is 4.74 Å². The van der Waals surface area contributed by atoms with Gasteiger partial charge in [0.25, 0.3) is 11.5 Å². The topological polar surface area (TPSA) is 120 Å². The molecular formula is C17H17ClF4N4O6S. The first-order valence-electron chi connectivity index (χ1n) is 8.77. The van der Waals surface area contributed by atoms with E-state index in [0.717, 1.165) is 34.1 Å². The normalized spacial score (nSPS) is 13.2. The first kappa shape index (κ1) is 26.3. The van der Waals surface area contributed by atoms with Gasteiger partial charge in [0, 0.05) is 33.3 Å². The van der Waals surface area contributed by atoms with E-state index < -0.39 is 67.6 Å². The predicted molar refractivity (Wildman–Crippen MR) is 108 cm³/mol. The number of carbonyl (C=O) groups is 1. The Morgan fingerprint density at radius 1 is 1.21 bits per heavy atom. The third-order valence-electron chi connectivity index (χ3n) is 4.24. The molecule has 0 radical (unpaired) electrons. The van der Waals surface area contributed by atoms with Crippen molar-refractivity contribution in [1.82, 2.24) is 18.2 Å². The van der Waals surface area contributed by atoms with Crippen molar-refractivity contribution >= 4 is 27.7 Å². The van der Waals surface area contributed by atoms with Gasteiger partial charge in [0.2, 0.25) is 0 Å². The Morgan fingerprint density at radius 3 is 2.30 bits per heavy atom. The Hall–Kier alpha value is -2.91. The third-order valence-corrected chi connectivity index (χ3v) is 5.95. The summed E-state index contributed by atoms with van der Waals surface area (Å²) >= 11 is 5.87. The van der Waals surface area contributed by atoms with Crippen LogP contribution in [0, 0.1) is 5.82 Å². The fourth-order valence-electron chi connectivity index (χ4n) is 2.44. The lowest BCUT2D eigenvalue weighted by Gasteiger charge is -2.19. The SMILES string of the molecule is CC(Oc1cc(-n2c(=O)cc(C(F)(F)F)n(C)c2=O)c(F)cc1Cl)C(=O)NS(=O)(=O)N(C)C. The van der Waals surface area contributed by atoms with Crippen molar-refractivity contribution in [2.75, 3.05) is 14.1 Å². The van der Waals surface area contributed by atoms with Crippen molar-refractivity contribution in [3.63, 3.8) is 0 Å². The van der Waals surface area contributed by atoms with Crippen LogP contribution >= 0.6 is 11.6 Å². The number of hydrogen-bond donors (Lipinski definition) is 1. The molecule has 10 nitrogen and oxygen atoms in total. The predicted octanol–water partition coefficient (Wildman–Crippen LogP) is 1.04. The fourth-order valence-corrected chi connectivity index (χ4v) is 3.24. The van der Waals surface area contributed by atoms with Gasteiger partial charge in [0.1, 0.15) is 17.3 Å². The summed E-state index contributed by atoms with van der Waals surface area (Å²) in [7, 11) is -1.10. The van der Waals surface area contributed by atoms with E-state index in [9.17, 15) is 40.4 Å². The van der Waals surface area contributed by atoms with Crippen molar-refractivity contribution in [2.45, 2.75) is 19.2 Å². The number of carbonyl (C=O) groups excluding carboxylic acids is 1. The second kappa shape index (κ2) is 9.15. The molecule has 16 heteroatoms. The number of amides is 1. The van der Waals surface area contributed by atoms with Gasteiger partial charge in [-0.2, -0.15) is 25.9 Å². The minimum Gasteiger partial charge on any atom is -0.479 e. The molecule has 0 aliphatic heterocycles. The van der Waals surface area contributed by atoms with E-state index >= 15 is 0 Å². The van der Waals surface area contributed by atoms with Crippen molar-refractivity contribution in [2.24, 2.45) is 7.05 Å². The average molecular weight is 517 g/mol. The quantitative estimate of drug-likeness (QED) is 0.573. The molecule has 1 atom stereocenters. The number of halogens is 5. The molecule has 0 aliphatic carbocycles. The Kier molecular flexibility index (Phi) is 7.30. The Morgan fingerprint density at radius 2 is 1.79 bits per heavy atom. The Labute approximate surface area is 189 Å². The highest BCUT2D eigenvalue weighted by Gasteiger charge is 2.35. The second-order valence-electron chi connectivity index (χ2n) is 6.79. The highest BCUT2D eigenvalue weighted by atomic mass is 35.5. The highest BCUT2D eigenvalue weighted by molar-refractivity contribution is 7.87. The van der Waals surface area contributed by atoms with Crippen molar-refractivity contribution in [1.29, 1.82) is 0 Å². The summed E-state index contributed by atoms with van der Waals surface area (Å²) in [6.45, 7) is 1.13. The Bertz CT molecular complexity index is 1320. The minimum atomic E-state index is -5.02. The summed E-state index contributed by atoms with van der Waals surface area (Å²) in [6.07, 6.45) is -6.53. The molecule has 0 bridgehead atoms. The van der Waals surface area contributed by atoms with Crippen molar-refractivity contribution < 1.29 is 35.5 Å². The zero-order valence-corrected chi connectivity index (χ0v) is 19.0. The Balaban J connectivity index is 2.53. The molecular weight excluding hydrogens is 500 g/mol. The number of ether oxygens (including phenoxy) is 1. The largest absolute Gasteiger partial charge is 0.479 e. The molecule has 0 spiro atoms. The number of alkyl halides is 3. The van der Waals surface area contributed by atoms with Gasteiger partial charge in [0.05, 0.1) is 10.7 Å². The van der Waals surface area contributed by atoms with E-state index in [1.54, 1.807) is 4.72 Å². The summed E-state index contributed by atoms with van der Waals surface area (Å²) in [4.78, 5) is 36.8. The molecule has 2 aromatic rings. The first-order chi connectivity index (χ1) is 15.0. The maximum atomic E-state index is 14.5. The van der Waals surface area contributed by atoms with Gasteiger partial charge in [-0.25, -0.2) is 18.5 Å². The number of nitrogens with zero attached hydrogens (tertiary/aromatic N) is 3. The minimum absolute atomic E-state index is 0.109. The molecule has 2 rings (SSSR count). The molecule has 0 aliphatic rings. The number of hydrogen-bond acceptors (Lipinski definition) is 6. The van der Waals surface area contributed by atoms with Crippen LogP contribution in [-0.2, 0) is 28.2 Å². The molecule has 182 valence electrons. The monoisotopic (exact) mass is 516 g/mol. The van der Waals surface area contributed by atoms with E-state index in [0.29, 0.717) is 10.4 Å². The van der Waals surface area contributed by atoms with Crippen LogP contribution in [0.1, 0.15) is 12.6 Å². The molecule has 1 unspecified atom stereocenters. The molecule has 1 heterocycles. The van der Waals surface area contributed by atoms with Gasteiger partial charge in [0.15, 0.2) is 6.10 Å². The molecule has 1 aromatic carbocycles. The average Bonchev–Trinajstić information content (AvgIpc) is 2.66. The van der Waals surface area contributed by atoms with E-state index in [2.05, 4.69) is 0 Å². The smallest absolute Gasteiger partial charge is 0.431 e. The van der Waals surface area contributed by atoms with E-state index in [1.165, 1.54) is 0 Å². The summed E-state index contributed by atoms with van der Waals surface area (Å²) < 4.78 is 85.0. The van der Waals surface area contributed by atoms with Crippen molar-refractivity contribution in [3.8, 4) is 11.4 Å². The van der Waals surface area contributed by atoms with Crippen LogP contribution in [0.3, 0.4) is 0 Å². The van der Waals surface area contributed by atoms with E-state index in [-0.39, 0.29) is 15.2 Å². The lowest BCUT2D eigenvalue weighted by atomic mass is 10.2. The van der Waals surface area contributed by atoms with E-state index in [1.807, 2.05) is 0 Å². The molecule has 1 N–H and O–H groups in total. The first-order valence-corrected chi connectivity index (χ1v) is 10.6. The van der Waals surface area contributed by atoms with Gasteiger partial charge >= 0.3 is 22.1 Å². The summed E-state index contributed by atoms with van der Waals surface area (Å²) in [6, 6.07) is 1.44. The van der Waals surface area contributed by atoms with Crippen LogP contribution in [0.4, 0.5) is 17.6 Å². The summed E-state index contributed by atoms with van der Waals surface area (Å²) in [5, 5.41) is -0.428. The lowest BCUT2D eigenvalue weighted by Crippen LogP contribution is -2.45. The molecule has 0 saturated heterocycles. The summed E-state index contributed by atoms with van der Waals surface area (Å²) in [5.74, 6) is -2.83. The van der Waals surface area contributed by atoms with Crippen LogP contribution in [0.2, 0.25) is 5.02 Å². The van der Waals surface area contributed by atoms with Crippen LogP contribution in [-0.4, -0.2) is 48.0 Å². The fraction of sp³-hybridized carbons (Fsp3) is 0.353. The standard InChI is InChI=1S/C17H17ClF4N4O6S/c1-8(15(28)23-33(30,31)24(2)3)32-12-6-11(10(19)5-9(12)18)26-14(27)7-13(17(20,21)22)25(4)16(26)29/h5-8H,1-4H3,(H,23,28). The number of aromatic nitrogens is 2. The lowest BCUT2D eigenvalue weighted by molar-refractivity contribution is -0.144. The summed E-state index contributed by atoms with van der Waals surface area (Å²) in [5.41, 5.74) is -5.35. The van der Waals surface area contributed by atoms with Gasteiger partial charge in [-0.1, -0.05) is 11.6 Å². The van der Waals surface area contributed by atoms with Crippen LogP contribution < -0.4 is 20.7 Å². The third kappa shape index (κ3) is 5.54. The van der Waals surface area contributed by atoms with E-state index in [4.69, 9.17) is 16.3 Å². The highest BCUT2D eigenvalue weighted by Crippen LogP contribution is 2.30. The number of rotatable bonds is 6. The van der Waals surface area contributed by atoms with Crippen LogP contribution in [0.25, 0.3) is 5.69 Å². The number of benzene rings is 1. The van der Waals surface area contributed by atoms with Crippen molar-refractivity contribution in [3.05, 3.63) is 55.6 Å². The maximum absolute atomic E-state index is 14.5. The zero-order valence-electron chi connectivity index (χ0n) is 17.4. The number of nitrogens with one attached hydrogen (secondary N) is 1. The maximum Gasteiger partial charge on any atom is 0.431 e. The molecule has 1 amide bonds.